The van der Waals surface area contributed by atoms with Crippen molar-refractivity contribution in [1.82, 2.24) is 24.3 Å². The van der Waals surface area contributed by atoms with Gasteiger partial charge in [-0.05, 0) is 61.1 Å². The monoisotopic (exact) mass is 847 g/mol. The molecule has 2 fully saturated rings. The number of methoxy groups -OCH3 is 1. The standard InChI is InChI=1S/C42H41ClF3N7O7/c1-57-39-32(22-52-14-12-25(54)21-52)48-37(42(44,45)46)40(49-39)60-33-10-9-27-26(5-3-6-28(27)33)29-7-4-8-30(35(29)43)34-17-31-36(59-34)24(18-47)20-53(38(31)50-58-2)16-15-51-13-11-23(19-51)41(55)56/h3-8,17,20,23,25,33,54H,9-16,19,21-22H2,1-2H3,(H,55,56)/b50-38-/t23-,25-,33+/m1/s1. The third-order valence-electron chi connectivity index (χ3n) is 11.4. The van der Waals surface area contributed by atoms with E-state index in [1.54, 1.807) is 33.9 Å². The van der Waals surface area contributed by atoms with Gasteiger partial charge in [-0.15, -0.1) is 0 Å². The number of ether oxygens (including phenoxy) is 2. The van der Waals surface area contributed by atoms with Crippen LogP contribution in [0.3, 0.4) is 0 Å². The fraction of sp³-hybridized carbons (Fsp3) is 0.405. The molecule has 2 saturated heterocycles. The molecular formula is C42H41ClF3N7O7. The molecule has 0 saturated carbocycles. The van der Waals surface area contributed by atoms with Gasteiger partial charge in [0.25, 0.3) is 0 Å². The maximum Gasteiger partial charge on any atom is 0.438 e. The highest BCUT2D eigenvalue weighted by molar-refractivity contribution is 6.36. The molecular weight excluding hydrogens is 807 g/mol. The third kappa shape index (κ3) is 7.99. The lowest BCUT2D eigenvalue weighted by Crippen LogP contribution is -2.31. The van der Waals surface area contributed by atoms with Gasteiger partial charge in [0, 0.05) is 56.6 Å². The lowest BCUT2D eigenvalue weighted by atomic mass is 9.95. The number of nitriles is 1. The van der Waals surface area contributed by atoms with Crippen LogP contribution in [-0.4, -0.2) is 93.6 Å². The van der Waals surface area contributed by atoms with Crippen LogP contribution in [-0.2, 0) is 35.3 Å². The first-order chi connectivity index (χ1) is 28.9. The molecule has 0 amide bonds. The summed E-state index contributed by atoms with van der Waals surface area (Å²) in [6, 6.07) is 14.9. The maximum absolute atomic E-state index is 14.5. The molecule has 0 spiro atoms. The fourth-order valence-electron chi connectivity index (χ4n) is 8.44. The van der Waals surface area contributed by atoms with E-state index in [1.165, 1.54) is 14.2 Å². The van der Waals surface area contributed by atoms with E-state index in [-0.39, 0.29) is 29.3 Å². The summed E-state index contributed by atoms with van der Waals surface area (Å²) < 4.78 is 63.0. The third-order valence-corrected chi connectivity index (χ3v) is 11.8. The first-order valence-corrected chi connectivity index (χ1v) is 19.8. The number of β-amino-alcohol motifs (C(OH)–C–C–N with tert-alkyl or cyclic N) is 1. The maximum atomic E-state index is 14.5. The van der Waals surface area contributed by atoms with Crippen molar-refractivity contribution in [3.63, 3.8) is 0 Å². The van der Waals surface area contributed by atoms with Crippen molar-refractivity contribution < 1.29 is 46.9 Å². The van der Waals surface area contributed by atoms with Crippen molar-refractivity contribution in [3.05, 3.63) is 87.2 Å². The van der Waals surface area contributed by atoms with E-state index in [0.29, 0.717) is 103 Å². The van der Waals surface area contributed by atoms with Crippen molar-refractivity contribution >= 4 is 28.5 Å². The van der Waals surface area contributed by atoms with Gasteiger partial charge in [0.2, 0.25) is 17.5 Å². The quantitative estimate of drug-likeness (QED) is 0.132. The molecule has 1 aliphatic carbocycles. The van der Waals surface area contributed by atoms with Gasteiger partial charge in [-0.3, -0.25) is 9.69 Å². The number of hydrogen-bond acceptors (Lipinski definition) is 12. The summed E-state index contributed by atoms with van der Waals surface area (Å²) >= 11 is 7.19. The molecule has 2 aliphatic heterocycles. The molecule has 0 unspecified atom stereocenters. The Kier molecular flexibility index (Phi) is 11.5. The van der Waals surface area contributed by atoms with Crippen molar-refractivity contribution in [2.45, 2.75) is 57.2 Å². The van der Waals surface area contributed by atoms with Gasteiger partial charge in [-0.1, -0.05) is 47.1 Å². The molecule has 8 rings (SSSR count). The van der Waals surface area contributed by atoms with Crippen LogP contribution in [0, 0.1) is 17.2 Å². The molecule has 18 heteroatoms. The van der Waals surface area contributed by atoms with E-state index in [2.05, 4.69) is 26.1 Å². The van der Waals surface area contributed by atoms with Crippen LogP contribution in [0.15, 0.2) is 58.2 Å². The minimum Gasteiger partial charge on any atom is -0.481 e. The van der Waals surface area contributed by atoms with Gasteiger partial charge >= 0.3 is 12.1 Å². The van der Waals surface area contributed by atoms with Gasteiger partial charge in [0.05, 0.1) is 29.5 Å². The average Bonchev–Trinajstić information content (AvgIpc) is 4.05. The average molecular weight is 848 g/mol. The predicted octanol–water partition coefficient (Wildman–Crippen LogP) is 6.41. The minimum atomic E-state index is -4.87. The van der Waals surface area contributed by atoms with E-state index < -0.39 is 41.8 Å². The summed E-state index contributed by atoms with van der Waals surface area (Å²) in [5.41, 5.74) is 3.19. The van der Waals surface area contributed by atoms with Crippen molar-refractivity contribution in [2.24, 2.45) is 11.1 Å². The molecule has 5 heterocycles. The van der Waals surface area contributed by atoms with Crippen LogP contribution in [0.4, 0.5) is 13.2 Å². The predicted molar refractivity (Wildman–Crippen MR) is 211 cm³/mol. The Bertz CT molecular complexity index is 2570. The highest BCUT2D eigenvalue weighted by Gasteiger charge is 2.41. The molecule has 3 aromatic heterocycles. The second kappa shape index (κ2) is 16.8. The van der Waals surface area contributed by atoms with Crippen LogP contribution in [0.25, 0.3) is 33.4 Å². The largest absolute Gasteiger partial charge is 0.481 e. The van der Waals surface area contributed by atoms with Gasteiger partial charge in [0.15, 0.2) is 11.1 Å². The number of carbonyl (C=O) groups is 1. The molecule has 2 N–H and O–H groups in total. The number of fused-ring (bicyclic) bond motifs is 2. The number of nitrogens with zero attached hydrogens (tertiary/aromatic N) is 7. The first kappa shape index (κ1) is 41.1. The zero-order valence-corrected chi connectivity index (χ0v) is 33.5. The van der Waals surface area contributed by atoms with Crippen LogP contribution < -0.4 is 15.0 Å². The molecule has 60 heavy (non-hydrogen) atoms. The lowest BCUT2D eigenvalue weighted by Gasteiger charge is -2.21. The van der Waals surface area contributed by atoms with E-state index in [9.17, 15) is 33.4 Å². The Morgan fingerprint density at radius 3 is 2.50 bits per heavy atom. The molecule has 2 aromatic carbocycles. The number of carboxylic acids is 1. The Hall–Kier alpha value is -5.67. The Balaban J connectivity index is 1.10. The molecule has 3 atom stereocenters. The van der Waals surface area contributed by atoms with Gasteiger partial charge in [0.1, 0.15) is 36.3 Å². The van der Waals surface area contributed by atoms with Gasteiger partial charge in [-0.2, -0.15) is 23.4 Å². The molecule has 3 aliphatic rings. The highest BCUT2D eigenvalue weighted by Crippen LogP contribution is 2.46. The number of furan rings is 1. The van der Waals surface area contributed by atoms with Crippen LogP contribution in [0.2, 0.25) is 5.02 Å². The zero-order chi connectivity index (χ0) is 42.3. The SMILES string of the molecule is CO/N=c1/c2cc(-c3cccc(-c4cccc5c4CC[C@@H]5Oc4nc(OC)c(CN5CC[C@@H](O)C5)nc4C(F)(F)F)c3Cl)oc2c(C#N)cn1CCN1CC[C@@H](C(=O)O)C1. The number of halogens is 4. The van der Waals surface area contributed by atoms with Crippen LogP contribution in [0.1, 0.15) is 53.4 Å². The normalized spacial score (nSPS) is 19.8. The van der Waals surface area contributed by atoms with Crippen molar-refractivity contribution in [3.8, 4) is 40.3 Å². The number of likely N-dealkylation sites (tertiary alicyclic amines) is 2. The number of rotatable bonds is 12. The first-order valence-electron chi connectivity index (χ1n) is 19.5. The fourth-order valence-corrected chi connectivity index (χ4v) is 8.76. The summed E-state index contributed by atoms with van der Waals surface area (Å²) in [7, 11) is 2.73. The topological polar surface area (TPSA) is 172 Å². The zero-order valence-electron chi connectivity index (χ0n) is 32.7. The minimum absolute atomic E-state index is 0.00137. The van der Waals surface area contributed by atoms with Crippen LogP contribution in [0.5, 0.6) is 11.8 Å². The smallest absolute Gasteiger partial charge is 0.438 e. The number of alkyl halides is 3. The van der Waals surface area contributed by atoms with Crippen molar-refractivity contribution in [1.29, 1.82) is 5.26 Å². The summed E-state index contributed by atoms with van der Waals surface area (Å²) in [5.74, 6) is -1.63. The van der Waals surface area contributed by atoms with E-state index in [0.717, 1.165) is 11.1 Å². The number of aliphatic hydroxyl groups is 1. The molecule has 5 aromatic rings. The number of benzene rings is 2. The van der Waals surface area contributed by atoms with E-state index >= 15 is 0 Å². The Morgan fingerprint density at radius 2 is 1.80 bits per heavy atom. The van der Waals surface area contributed by atoms with Crippen molar-refractivity contribution in [2.75, 3.05) is 46.9 Å². The Morgan fingerprint density at radius 1 is 1.03 bits per heavy atom. The molecule has 14 nitrogen and oxygen atoms in total. The molecule has 314 valence electrons. The lowest BCUT2D eigenvalue weighted by molar-refractivity contribution is -0.144. The highest BCUT2D eigenvalue weighted by atomic mass is 35.5. The van der Waals surface area contributed by atoms with Gasteiger partial charge < -0.3 is 38.4 Å². The number of aliphatic hydroxyl groups excluding tert-OH is 1. The number of aromatic nitrogens is 3. The number of pyridine rings is 1. The Labute approximate surface area is 347 Å². The molecule has 0 radical (unpaired) electrons. The van der Waals surface area contributed by atoms with Crippen LogP contribution >= 0.6 is 11.6 Å². The summed E-state index contributed by atoms with van der Waals surface area (Å²) in [5, 5.41) is 34.7. The van der Waals surface area contributed by atoms with E-state index in [4.69, 9.17) is 30.3 Å². The summed E-state index contributed by atoms with van der Waals surface area (Å²) in [4.78, 5) is 28.7. The second-order valence-electron chi connectivity index (χ2n) is 15.1. The van der Waals surface area contributed by atoms with E-state index in [1.807, 2.05) is 24.3 Å². The summed E-state index contributed by atoms with van der Waals surface area (Å²) in [6.45, 7) is 2.87. The number of aliphatic carboxylic acids is 1. The van der Waals surface area contributed by atoms with Gasteiger partial charge in [-0.25, -0.2) is 4.98 Å². The second-order valence-corrected chi connectivity index (χ2v) is 15.5. The number of carboxylic acid groups (broad SMARTS) is 1. The number of hydrogen-bond donors (Lipinski definition) is 2. The molecule has 0 bridgehead atoms. The summed E-state index contributed by atoms with van der Waals surface area (Å²) in [6.07, 6.45) is -2.65.